The van der Waals surface area contributed by atoms with Gasteiger partial charge in [-0.15, -0.1) is 0 Å². The van der Waals surface area contributed by atoms with Crippen LogP contribution in [-0.2, 0) is 11.3 Å². The molecule has 0 spiro atoms. The minimum absolute atomic E-state index is 0.0637. The highest BCUT2D eigenvalue weighted by Crippen LogP contribution is 2.28. The number of benzene rings is 2. The van der Waals surface area contributed by atoms with E-state index < -0.39 is 0 Å². The Kier molecular flexibility index (Phi) is 6.58. The summed E-state index contributed by atoms with van der Waals surface area (Å²) in [5.74, 6) is 0.730. The van der Waals surface area contributed by atoms with Crippen LogP contribution in [0.1, 0.15) is 18.7 Å². The number of carbonyl (C=O) groups is 1. The lowest BCUT2D eigenvalue weighted by molar-refractivity contribution is -0.121. The topological polar surface area (TPSA) is 71.3 Å². The molecule has 1 aliphatic heterocycles. The molecule has 1 amide bonds. The van der Waals surface area contributed by atoms with Crippen molar-refractivity contribution in [1.82, 2.24) is 15.0 Å². The summed E-state index contributed by atoms with van der Waals surface area (Å²) in [6.07, 6.45) is 1.71. The van der Waals surface area contributed by atoms with Crippen LogP contribution < -0.4 is 5.32 Å². The van der Waals surface area contributed by atoms with Crippen LogP contribution in [0.15, 0.2) is 47.0 Å². The fourth-order valence-electron chi connectivity index (χ4n) is 3.50. The summed E-state index contributed by atoms with van der Waals surface area (Å²) in [6.45, 7) is 1.93. The predicted molar refractivity (Wildman–Crippen MR) is 118 cm³/mol. The Hall–Kier alpha value is -2.12. The number of piperidine rings is 1. The zero-order chi connectivity index (χ0) is 21.1. The standard InChI is InChI=1S/C21H19Cl3N4O2/c22-14-7-8-18(17(24)10-14)25-21(29)13-4-3-9-28(11-13)12-19-26-20(27-30-19)15-5-1-2-6-16(15)23/h1-2,5-8,10,13H,3-4,9,11-12H2,(H,25,29). The largest absolute Gasteiger partial charge is 0.338 e. The van der Waals surface area contributed by atoms with Crippen LogP contribution >= 0.6 is 34.8 Å². The van der Waals surface area contributed by atoms with Gasteiger partial charge in [0.1, 0.15) is 0 Å². The van der Waals surface area contributed by atoms with Crippen molar-refractivity contribution in [2.75, 3.05) is 18.4 Å². The van der Waals surface area contributed by atoms with Crippen LogP contribution in [0.25, 0.3) is 11.4 Å². The predicted octanol–water partition coefficient (Wildman–Crippen LogP) is 5.55. The molecule has 30 heavy (non-hydrogen) atoms. The van der Waals surface area contributed by atoms with Gasteiger partial charge in [0, 0.05) is 17.1 Å². The molecule has 1 unspecified atom stereocenters. The number of hydrogen-bond acceptors (Lipinski definition) is 5. The number of aromatic nitrogens is 2. The molecule has 6 nitrogen and oxygen atoms in total. The van der Waals surface area contributed by atoms with Crippen molar-refractivity contribution in [3.63, 3.8) is 0 Å². The lowest BCUT2D eigenvalue weighted by Crippen LogP contribution is -2.40. The molecule has 1 aromatic heterocycles. The molecule has 0 radical (unpaired) electrons. The molecule has 1 fully saturated rings. The van der Waals surface area contributed by atoms with Gasteiger partial charge in [-0.2, -0.15) is 4.98 Å². The van der Waals surface area contributed by atoms with Gasteiger partial charge in [-0.3, -0.25) is 9.69 Å². The summed E-state index contributed by atoms with van der Waals surface area (Å²) >= 11 is 18.3. The average molecular weight is 466 g/mol. The fourth-order valence-corrected chi connectivity index (χ4v) is 4.18. The van der Waals surface area contributed by atoms with Gasteiger partial charge in [0.05, 0.1) is 28.2 Å². The third kappa shape index (κ3) is 4.95. The van der Waals surface area contributed by atoms with Crippen molar-refractivity contribution < 1.29 is 9.32 Å². The Morgan fingerprint density at radius 3 is 2.80 bits per heavy atom. The smallest absolute Gasteiger partial charge is 0.241 e. The molecule has 1 N–H and O–H groups in total. The van der Waals surface area contributed by atoms with Gasteiger partial charge in [0.15, 0.2) is 0 Å². The lowest BCUT2D eigenvalue weighted by Gasteiger charge is -2.30. The molecule has 0 bridgehead atoms. The van der Waals surface area contributed by atoms with E-state index in [1.54, 1.807) is 24.3 Å². The third-order valence-corrected chi connectivity index (χ3v) is 5.88. The Balaban J connectivity index is 1.38. The van der Waals surface area contributed by atoms with E-state index in [0.717, 1.165) is 24.9 Å². The first kappa shape index (κ1) is 21.1. The molecule has 2 aromatic carbocycles. The molecule has 2 heterocycles. The van der Waals surface area contributed by atoms with Crippen molar-refractivity contribution in [1.29, 1.82) is 0 Å². The van der Waals surface area contributed by atoms with Crippen molar-refractivity contribution in [3.8, 4) is 11.4 Å². The van der Waals surface area contributed by atoms with E-state index in [2.05, 4.69) is 20.4 Å². The molecule has 0 aliphatic carbocycles. The van der Waals surface area contributed by atoms with Gasteiger partial charge >= 0.3 is 0 Å². The molecule has 1 aliphatic rings. The van der Waals surface area contributed by atoms with E-state index in [1.807, 2.05) is 18.2 Å². The van der Waals surface area contributed by atoms with Crippen molar-refractivity contribution in [2.45, 2.75) is 19.4 Å². The second-order valence-corrected chi connectivity index (χ2v) is 8.43. The van der Waals surface area contributed by atoms with Crippen molar-refractivity contribution in [2.24, 2.45) is 5.92 Å². The van der Waals surface area contributed by atoms with Crippen LogP contribution in [0.4, 0.5) is 5.69 Å². The van der Waals surface area contributed by atoms with Crippen LogP contribution in [0.3, 0.4) is 0 Å². The highest BCUT2D eigenvalue weighted by atomic mass is 35.5. The van der Waals surface area contributed by atoms with E-state index in [4.69, 9.17) is 39.3 Å². The molecule has 0 saturated carbocycles. The number of rotatable bonds is 5. The van der Waals surface area contributed by atoms with Gasteiger partial charge in [0.25, 0.3) is 0 Å². The second-order valence-electron chi connectivity index (χ2n) is 7.18. The molecule has 3 aromatic rings. The highest BCUT2D eigenvalue weighted by molar-refractivity contribution is 6.36. The summed E-state index contributed by atoms with van der Waals surface area (Å²) in [7, 11) is 0. The molecule has 4 rings (SSSR count). The molecule has 1 saturated heterocycles. The number of anilines is 1. The van der Waals surface area contributed by atoms with Gasteiger partial charge in [-0.25, -0.2) is 0 Å². The SMILES string of the molecule is O=C(Nc1ccc(Cl)cc1Cl)C1CCCN(Cc2nc(-c3ccccc3Cl)no2)C1. The number of amides is 1. The first-order valence-electron chi connectivity index (χ1n) is 9.55. The maximum atomic E-state index is 12.7. The van der Waals surface area contributed by atoms with Crippen LogP contribution in [0, 0.1) is 5.92 Å². The highest BCUT2D eigenvalue weighted by Gasteiger charge is 2.27. The third-order valence-electron chi connectivity index (χ3n) is 5.01. The number of carbonyl (C=O) groups excluding carboxylic acids is 1. The Morgan fingerprint density at radius 1 is 1.17 bits per heavy atom. The van der Waals surface area contributed by atoms with E-state index in [9.17, 15) is 4.79 Å². The van der Waals surface area contributed by atoms with Gasteiger partial charge < -0.3 is 9.84 Å². The number of nitrogens with zero attached hydrogens (tertiary/aromatic N) is 3. The van der Waals surface area contributed by atoms with Crippen molar-refractivity contribution in [3.05, 3.63) is 63.4 Å². The Labute approximate surface area is 189 Å². The molecule has 1 atom stereocenters. The minimum Gasteiger partial charge on any atom is -0.338 e. The summed E-state index contributed by atoms with van der Waals surface area (Å²) in [4.78, 5) is 19.3. The van der Waals surface area contributed by atoms with Crippen LogP contribution in [0.2, 0.25) is 15.1 Å². The molecular formula is C21H19Cl3N4O2. The van der Waals surface area contributed by atoms with Gasteiger partial charge in [0.2, 0.25) is 17.6 Å². The summed E-state index contributed by atoms with van der Waals surface area (Å²) in [5.41, 5.74) is 1.29. The van der Waals surface area contributed by atoms with Crippen LogP contribution in [-0.4, -0.2) is 34.0 Å². The molecule has 9 heteroatoms. The summed E-state index contributed by atoms with van der Waals surface area (Å²) < 4.78 is 5.40. The monoisotopic (exact) mass is 464 g/mol. The van der Waals surface area contributed by atoms with E-state index >= 15 is 0 Å². The fraction of sp³-hybridized carbons (Fsp3) is 0.286. The maximum Gasteiger partial charge on any atom is 0.241 e. The first-order chi connectivity index (χ1) is 14.5. The zero-order valence-electron chi connectivity index (χ0n) is 15.9. The van der Waals surface area contributed by atoms with Gasteiger partial charge in [-0.1, -0.05) is 52.1 Å². The minimum atomic E-state index is -0.156. The zero-order valence-corrected chi connectivity index (χ0v) is 18.2. The number of nitrogens with one attached hydrogen (secondary N) is 1. The van der Waals surface area contributed by atoms with Crippen LogP contribution in [0.5, 0.6) is 0 Å². The van der Waals surface area contributed by atoms with E-state index in [-0.39, 0.29) is 11.8 Å². The first-order valence-corrected chi connectivity index (χ1v) is 10.7. The number of hydrogen-bond donors (Lipinski definition) is 1. The van der Waals surface area contributed by atoms with Crippen molar-refractivity contribution >= 4 is 46.4 Å². The summed E-state index contributed by atoms with van der Waals surface area (Å²) in [6, 6.07) is 12.4. The quantitative estimate of drug-likeness (QED) is 0.535. The Morgan fingerprint density at radius 2 is 2.00 bits per heavy atom. The van der Waals surface area contributed by atoms with E-state index in [0.29, 0.717) is 45.6 Å². The lowest BCUT2D eigenvalue weighted by atomic mass is 9.97. The van der Waals surface area contributed by atoms with Gasteiger partial charge in [-0.05, 0) is 49.7 Å². The molecule has 156 valence electrons. The Bertz CT molecular complexity index is 1060. The maximum absolute atomic E-state index is 12.7. The number of halogens is 3. The molecular weight excluding hydrogens is 447 g/mol. The van der Waals surface area contributed by atoms with E-state index in [1.165, 1.54) is 0 Å². The number of likely N-dealkylation sites (tertiary alicyclic amines) is 1. The summed E-state index contributed by atoms with van der Waals surface area (Å²) in [5, 5.41) is 8.45. The average Bonchev–Trinajstić information content (AvgIpc) is 3.19. The second kappa shape index (κ2) is 9.35. The normalized spacial score (nSPS) is 17.1.